The molecule has 4 nitrogen and oxygen atoms in total. The molecule has 2 saturated heterocycles. The van der Waals surface area contributed by atoms with Crippen LogP contribution in [-0.4, -0.2) is 44.7 Å². The van der Waals surface area contributed by atoms with E-state index in [1.165, 1.54) is 37.6 Å². The molecule has 1 N–H and O–H groups in total. The molecule has 21 heavy (non-hydrogen) atoms. The second-order valence-corrected chi connectivity index (χ2v) is 8.13. The smallest absolute Gasteiger partial charge is 0.175 e. The summed E-state index contributed by atoms with van der Waals surface area (Å²) in [6, 6.07) is 4.76. The van der Waals surface area contributed by atoms with Crippen LogP contribution in [0.3, 0.4) is 0 Å². The number of anilines is 1. The number of rotatable bonds is 3. The highest BCUT2D eigenvalue weighted by atomic mass is 32.2. The molecule has 3 rings (SSSR count). The van der Waals surface area contributed by atoms with E-state index in [4.69, 9.17) is 0 Å². The molecule has 2 atom stereocenters. The number of nitrogens with zero attached hydrogens (tertiary/aromatic N) is 1. The molecule has 0 radical (unpaired) electrons. The van der Waals surface area contributed by atoms with Gasteiger partial charge < -0.3 is 10.2 Å². The van der Waals surface area contributed by atoms with E-state index in [0.717, 1.165) is 25.6 Å². The highest BCUT2D eigenvalue weighted by Gasteiger charge is 2.31. The number of benzene rings is 1. The van der Waals surface area contributed by atoms with E-state index in [2.05, 4.69) is 10.2 Å². The molecular weight excluding hydrogens is 291 g/mol. The third kappa shape index (κ3) is 3.21. The zero-order valence-corrected chi connectivity index (χ0v) is 13.0. The van der Waals surface area contributed by atoms with Crippen LogP contribution in [0.15, 0.2) is 23.1 Å². The van der Waals surface area contributed by atoms with E-state index in [1.54, 1.807) is 0 Å². The van der Waals surface area contributed by atoms with Gasteiger partial charge in [0, 0.05) is 24.9 Å². The number of halogens is 1. The molecule has 1 aromatic rings. The lowest BCUT2D eigenvalue weighted by atomic mass is 9.97. The standard InChI is InChI=1S/C15H21FN2O2S/c1-21(19,20)13-4-5-14(16)15(10-13)17-11-6-8-18-7-2-3-12(18)9-11/h4-5,10-12,17H,2-3,6-9H2,1H3. The van der Waals surface area contributed by atoms with Gasteiger partial charge >= 0.3 is 0 Å². The van der Waals surface area contributed by atoms with Crippen molar-refractivity contribution in [2.45, 2.75) is 42.7 Å². The molecule has 0 spiro atoms. The lowest BCUT2D eigenvalue weighted by molar-refractivity contribution is 0.188. The molecule has 116 valence electrons. The van der Waals surface area contributed by atoms with Crippen molar-refractivity contribution in [3.05, 3.63) is 24.0 Å². The van der Waals surface area contributed by atoms with Crippen LogP contribution in [0.2, 0.25) is 0 Å². The van der Waals surface area contributed by atoms with Crippen molar-refractivity contribution in [2.24, 2.45) is 0 Å². The fourth-order valence-electron chi connectivity index (χ4n) is 3.42. The van der Waals surface area contributed by atoms with Crippen molar-refractivity contribution in [1.29, 1.82) is 0 Å². The topological polar surface area (TPSA) is 49.4 Å². The van der Waals surface area contributed by atoms with Gasteiger partial charge in [-0.15, -0.1) is 0 Å². The summed E-state index contributed by atoms with van der Waals surface area (Å²) in [6.45, 7) is 2.21. The van der Waals surface area contributed by atoms with E-state index in [0.29, 0.717) is 11.7 Å². The maximum Gasteiger partial charge on any atom is 0.175 e. The molecule has 0 aliphatic carbocycles. The summed E-state index contributed by atoms with van der Waals surface area (Å²) in [6.07, 6.45) is 5.57. The van der Waals surface area contributed by atoms with Crippen LogP contribution in [0.5, 0.6) is 0 Å². The van der Waals surface area contributed by atoms with Gasteiger partial charge in [-0.3, -0.25) is 0 Å². The first-order valence-electron chi connectivity index (χ1n) is 7.44. The first-order valence-corrected chi connectivity index (χ1v) is 9.33. The molecular formula is C15H21FN2O2S. The van der Waals surface area contributed by atoms with Gasteiger partial charge in [0.05, 0.1) is 10.6 Å². The minimum atomic E-state index is -3.31. The largest absolute Gasteiger partial charge is 0.380 e. The summed E-state index contributed by atoms with van der Waals surface area (Å²) in [5, 5.41) is 3.21. The Morgan fingerprint density at radius 3 is 2.86 bits per heavy atom. The predicted molar refractivity (Wildman–Crippen MR) is 80.7 cm³/mol. The average molecular weight is 312 g/mol. The molecule has 0 saturated carbocycles. The minimum Gasteiger partial charge on any atom is -0.380 e. The maximum absolute atomic E-state index is 13.9. The molecule has 2 unspecified atom stereocenters. The van der Waals surface area contributed by atoms with Gasteiger partial charge in [-0.05, 0) is 50.4 Å². The van der Waals surface area contributed by atoms with Gasteiger partial charge in [0.2, 0.25) is 0 Å². The number of hydrogen-bond donors (Lipinski definition) is 1. The summed E-state index contributed by atoms with van der Waals surface area (Å²) in [5.74, 6) is -0.392. The van der Waals surface area contributed by atoms with Gasteiger partial charge in [0.25, 0.3) is 0 Å². The van der Waals surface area contributed by atoms with Crippen molar-refractivity contribution < 1.29 is 12.8 Å². The quantitative estimate of drug-likeness (QED) is 0.870. The number of nitrogens with one attached hydrogen (secondary N) is 1. The molecule has 0 amide bonds. The maximum atomic E-state index is 13.9. The van der Waals surface area contributed by atoms with E-state index < -0.39 is 15.7 Å². The Morgan fingerprint density at radius 1 is 1.29 bits per heavy atom. The molecule has 2 fully saturated rings. The van der Waals surface area contributed by atoms with Crippen LogP contribution in [0.1, 0.15) is 25.7 Å². The molecule has 1 aromatic carbocycles. The molecule has 2 aliphatic heterocycles. The Labute approximate surface area is 125 Å². The van der Waals surface area contributed by atoms with Gasteiger partial charge in [0.1, 0.15) is 5.82 Å². The third-order valence-electron chi connectivity index (χ3n) is 4.55. The summed E-state index contributed by atoms with van der Waals surface area (Å²) in [7, 11) is -3.31. The number of sulfone groups is 1. The summed E-state index contributed by atoms with van der Waals surface area (Å²) in [4.78, 5) is 2.66. The van der Waals surface area contributed by atoms with Crippen LogP contribution in [-0.2, 0) is 9.84 Å². The van der Waals surface area contributed by atoms with Crippen LogP contribution in [0.25, 0.3) is 0 Å². The van der Waals surface area contributed by atoms with E-state index in [-0.39, 0.29) is 10.9 Å². The molecule has 0 bridgehead atoms. The molecule has 0 aromatic heterocycles. The Balaban J connectivity index is 1.75. The van der Waals surface area contributed by atoms with Gasteiger partial charge in [-0.2, -0.15) is 0 Å². The summed E-state index contributed by atoms with van der Waals surface area (Å²) >= 11 is 0. The third-order valence-corrected chi connectivity index (χ3v) is 5.66. The van der Waals surface area contributed by atoms with Crippen molar-refractivity contribution in [3.8, 4) is 0 Å². The van der Waals surface area contributed by atoms with Gasteiger partial charge in [-0.25, -0.2) is 12.8 Å². The van der Waals surface area contributed by atoms with Crippen molar-refractivity contribution in [1.82, 2.24) is 4.90 Å². The van der Waals surface area contributed by atoms with Crippen LogP contribution in [0, 0.1) is 5.82 Å². The minimum absolute atomic E-state index is 0.157. The second-order valence-electron chi connectivity index (χ2n) is 6.11. The molecule has 6 heteroatoms. The molecule has 2 aliphatic rings. The van der Waals surface area contributed by atoms with Crippen molar-refractivity contribution in [2.75, 3.05) is 24.7 Å². The van der Waals surface area contributed by atoms with E-state index in [1.807, 2.05) is 0 Å². The zero-order valence-electron chi connectivity index (χ0n) is 12.2. The fourth-order valence-corrected chi connectivity index (χ4v) is 4.07. The number of fused-ring (bicyclic) bond motifs is 1. The Morgan fingerprint density at radius 2 is 2.10 bits per heavy atom. The lowest BCUT2D eigenvalue weighted by Gasteiger charge is -2.35. The Hall–Kier alpha value is -1.14. The number of piperidine rings is 1. The number of hydrogen-bond acceptors (Lipinski definition) is 4. The average Bonchev–Trinajstić information content (AvgIpc) is 2.87. The highest BCUT2D eigenvalue weighted by molar-refractivity contribution is 7.90. The Bertz CT molecular complexity index is 633. The van der Waals surface area contributed by atoms with Crippen molar-refractivity contribution >= 4 is 15.5 Å². The SMILES string of the molecule is CS(=O)(=O)c1ccc(F)c(NC2CCN3CCCC3C2)c1. The van der Waals surface area contributed by atoms with Gasteiger partial charge in [-0.1, -0.05) is 0 Å². The molecule has 2 heterocycles. The van der Waals surface area contributed by atoms with E-state index >= 15 is 0 Å². The lowest BCUT2D eigenvalue weighted by Crippen LogP contribution is -2.42. The van der Waals surface area contributed by atoms with Gasteiger partial charge in [0.15, 0.2) is 9.84 Å². The first-order chi connectivity index (χ1) is 9.93. The van der Waals surface area contributed by atoms with Crippen LogP contribution in [0.4, 0.5) is 10.1 Å². The normalized spacial score (nSPS) is 26.6. The monoisotopic (exact) mass is 312 g/mol. The van der Waals surface area contributed by atoms with E-state index in [9.17, 15) is 12.8 Å². The summed E-state index contributed by atoms with van der Waals surface area (Å²) < 4.78 is 37.1. The van der Waals surface area contributed by atoms with Crippen LogP contribution >= 0.6 is 0 Å². The Kier molecular flexibility index (Phi) is 3.92. The summed E-state index contributed by atoms with van der Waals surface area (Å²) in [5.41, 5.74) is 0.300. The highest BCUT2D eigenvalue weighted by Crippen LogP contribution is 2.29. The second kappa shape index (κ2) is 5.57. The predicted octanol–water partition coefficient (Wildman–Crippen LogP) is 2.27. The van der Waals surface area contributed by atoms with Crippen molar-refractivity contribution in [3.63, 3.8) is 0 Å². The fraction of sp³-hybridized carbons (Fsp3) is 0.600. The first kappa shape index (κ1) is 14.8. The van der Waals surface area contributed by atoms with Crippen LogP contribution < -0.4 is 5.32 Å². The zero-order chi connectivity index (χ0) is 15.0.